The molecule has 0 bridgehead atoms. The Labute approximate surface area is 251 Å². The molecule has 1 aliphatic heterocycles. The molecule has 0 fully saturated rings. The van der Waals surface area contributed by atoms with Crippen molar-refractivity contribution in [3.63, 3.8) is 0 Å². The molecule has 4 aromatic rings. The predicted octanol–water partition coefficient (Wildman–Crippen LogP) is 9.84. The maximum Gasteiger partial charge on any atom is 0.255 e. The molecule has 0 radical (unpaired) electrons. The molecule has 216 valence electrons. The van der Waals surface area contributed by atoms with Gasteiger partial charge in [-0.1, -0.05) is 81.8 Å². The number of amides is 1. The smallest absolute Gasteiger partial charge is 0.255 e. The zero-order valence-corrected chi connectivity index (χ0v) is 25.0. The lowest BCUT2D eigenvalue weighted by atomic mass is 9.98. The first-order valence-electron chi connectivity index (χ1n) is 15.4. The molecule has 1 amide bonds. The number of rotatable bonds is 12. The Morgan fingerprint density at radius 1 is 0.810 bits per heavy atom. The van der Waals surface area contributed by atoms with Crippen LogP contribution in [0.3, 0.4) is 0 Å². The van der Waals surface area contributed by atoms with E-state index < -0.39 is 0 Å². The molecule has 1 heterocycles. The van der Waals surface area contributed by atoms with Crippen molar-refractivity contribution in [2.45, 2.75) is 65.2 Å². The van der Waals surface area contributed by atoms with Crippen LogP contribution in [-0.4, -0.2) is 12.5 Å². The number of aryl methyl sites for hydroxylation is 3. The number of fused-ring (bicyclic) bond motifs is 1. The van der Waals surface area contributed by atoms with Gasteiger partial charge in [-0.25, -0.2) is 0 Å². The predicted molar refractivity (Wildman–Crippen MR) is 176 cm³/mol. The zero-order chi connectivity index (χ0) is 29.3. The van der Waals surface area contributed by atoms with E-state index in [1.165, 1.54) is 29.5 Å². The number of benzene rings is 4. The fourth-order valence-corrected chi connectivity index (χ4v) is 5.51. The standard InChI is InChI=1S/C38H42N2O2/c1-4-6-10-29-15-19-31(20-16-29)28(3)40-27-9-13-32-12-8-14-36(37(32)40)42-35-25-23-34(24-26-35)39-38(41)33-21-17-30(18-22-33)11-7-5-2/h8,12,14-26H,3-7,9-11,13,27H2,1-2H3,(H,39,41). The third kappa shape index (κ3) is 7.12. The number of hydrogen-bond acceptors (Lipinski definition) is 3. The van der Waals surface area contributed by atoms with Crippen LogP contribution in [0.5, 0.6) is 11.5 Å². The summed E-state index contributed by atoms with van der Waals surface area (Å²) in [4.78, 5) is 15.1. The van der Waals surface area contributed by atoms with Gasteiger partial charge in [-0.15, -0.1) is 0 Å². The van der Waals surface area contributed by atoms with Gasteiger partial charge in [0.25, 0.3) is 5.91 Å². The van der Waals surface area contributed by atoms with Crippen molar-refractivity contribution >= 4 is 23.0 Å². The number of anilines is 2. The molecule has 1 aliphatic rings. The van der Waals surface area contributed by atoms with Gasteiger partial charge in [0.1, 0.15) is 5.75 Å². The summed E-state index contributed by atoms with van der Waals surface area (Å²) in [6.45, 7) is 9.81. The van der Waals surface area contributed by atoms with Crippen molar-refractivity contribution in [2.24, 2.45) is 0 Å². The summed E-state index contributed by atoms with van der Waals surface area (Å²) in [5.41, 5.74) is 8.50. The molecule has 0 saturated carbocycles. The molecule has 1 N–H and O–H groups in total. The summed E-state index contributed by atoms with van der Waals surface area (Å²) in [7, 11) is 0. The highest BCUT2D eigenvalue weighted by molar-refractivity contribution is 6.04. The maximum atomic E-state index is 12.8. The molecule has 0 aliphatic carbocycles. The zero-order valence-electron chi connectivity index (χ0n) is 25.0. The second-order valence-electron chi connectivity index (χ2n) is 11.1. The first-order valence-corrected chi connectivity index (χ1v) is 15.4. The first-order chi connectivity index (χ1) is 20.6. The summed E-state index contributed by atoms with van der Waals surface area (Å²) in [6, 6.07) is 30.6. The van der Waals surface area contributed by atoms with Gasteiger partial charge in [0.15, 0.2) is 5.75 Å². The van der Waals surface area contributed by atoms with Crippen molar-refractivity contribution in [3.8, 4) is 11.5 Å². The van der Waals surface area contributed by atoms with Crippen molar-refractivity contribution in [3.05, 3.63) is 125 Å². The number of nitrogens with one attached hydrogen (secondary N) is 1. The van der Waals surface area contributed by atoms with Crippen LogP contribution in [0.2, 0.25) is 0 Å². The SMILES string of the molecule is C=C(c1ccc(CCCC)cc1)N1CCCc2cccc(Oc3ccc(NC(=O)c4ccc(CCCC)cc4)cc3)c21. The van der Waals surface area contributed by atoms with Crippen molar-refractivity contribution in [2.75, 3.05) is 16.8 Å². The van der Waals surface area contributed by atoms with Crippen LogP contribution in [0.25, 0.3) is 5.70 Å². The number of carbonyl (C=O) groups excluding carboxylic acids is 1. The van der Waals surface area contributed by atoms with E-state index in [1.54, 1.807) is 0 Å². The van der Waals surface area contributed by atoms with Crippen LogP contribution in [0, 0.1) is 0 Å². The number of unbranched alkanes of at least 4 members (excludes halogenated alkanes) is 2. The van der Waals surface area contributed by atoms with Gasteiger partial charge in [0.2, 0.25) is 0 Å². The highest BCUT2D eigenvalue weighted by Crippen LogP contribution is 2.42. The van der Waals surface area contributed by atoms with Gasteiger partial charge in [0.05, 0.1) is 5.69 Å². The first kappa shape index (κ1) is 29.2. The molecule has 4 heteroatoms. The van der Waals surface area contributed by atoms with Gasteiger partial charge in [-0.2, -0.15) is 0 Å². The molecule has 0 atom stereocenters. The van der Waals surface area contributed by atoms with Crippen molar-refractivity contribution in [1.82, 2.24) is 0 Å². The normalized spacial score (nSPS) is 12.5. The van der Waals surface area contributed by atoms with E-state index in [9.17, 15) is 4.79 Å². The highest BCUT2D eigenvalue weighted by Gasteiger charge is 2.24. The average Bonchev–Trinajstić information content (AvgIpc) is 3.03. The molecular formula is C38H42N2O2. The molecule has 0 spiro atoms. The lowest BCUT2D eigenvalue weighted by Gasteiger charge is -2.34. The largest absolute Gasteiger partial charge is 0.455 e. The van der Waals surface area contributed by atoms with Gasteiger partial charge >= 0.3 is 0 Å². The number of nitrogens with zero attached hydrogens (tertiary/aromatic N) is 1. The van der Waals surface area contributed by atoms with Crippen molar-refractivity contribution < 1.29 is 9.53 Å². The Balaban J connectivity index is 1.28. The summed E-state index contributed by atoms with van der Waals surface area (Å²) >= 11 is 0. The second kappa shape index (κ2) is 14.0. The average molecular weight is 559 g/mol. The van der Waals surface area contributed by atoms with Gasteiger partial charge in [-0.3, -0.25) is 4.79 Å². The van der Waals surface area contributed by atoms with E-state index in [0.717, 1.165) is 79.2 Å². The molecule has 0 saturated heterocycles. The molecule has 42 heavy (non-hydrogen) atoms. The molecule has 4 nitrogen and oxygen atoms in total. The van der Waals surface area contributed by atoms with Crippen LogP contribution in [0.1, 0.15) is 78.6 Å². The number of hydrogen-bond donors (Lipinski definition) is 1. The van der Waals surface area contributed by atoms with Crippen molar-refractivity contribution in [1.29, 1.82) is 0 Å². The van der Waals surface area contributed by atoms with E-state index in [1.807, 2.05) is 54.6 Å². The van der Waals surface area contributed by atoms with Crippen LogP contribution in [0.4, 0.5) is 11.4 Å². The fraction of sp³-hybridized carbons (Fsp3) is 0.289. The van der Waals surface area contributed by atoms with Gasteiger partial charge < -0.3 is 15.0 Å². The number of para-hydroxylation sites is 1. The Morgan fingerprint density at radius 3 is 2.05 bits per heavy atom. The van der Waals surface area contributed by atoms with E-state index in [4.69, 9.17) is 4.74 Å². The Kier molecular flexibility index (Phi) is 9.76. The Bertz CT molecular complexity index is 1490. The minimum atomic E-state index is -0.115. The Hall–Kier alpha value is -4.31. The third-order valence-electron chi connectivity index (χ3n) is 7.99. The van der Waals surface area contributed by atoms with E-state index >= 15 is 0 Å². The number of ether oxygens (including phenoxy) is 1. The summed E-state index contributed by atoms with van der Waals surface area (Å²) in [5, 5.41) is 3.00. The van der Waals surface area contributed by atoms with E-state index in [-0.39, 0.29) is 5.91 Å². The molecule has 5 rings (SSSR count). The number of carbonyl (C=O) groups is 1. The van der Waals surface area contributed by atoms with Gasteiger partial charge in [0, 0.05) is 23.5 Å². The summed E-state index contributed by atoms with van der Waals surface area (Å²) in [5.74, 6) is 1.42. The van der Waals surface area contributed by atoms with E-state index in [2.05, 4.69) is 67.0 Å². The van der Waals surface area contributed by atoms with Crippen LogP contribution >= 0.6 is 0 Å². The molecule has 0 unspecified atom stereocenters. The molecular weight excluding hydrogens is 516 g/mol. The van der Waals surface area contributed by atoms with Crippen LogP contribution < -0.4 is 15.0 Å². The highest BCUT2D eigenvalue weighted by atomic mass is 16.5. The molecule has 0 aromatic heterocycles. The quantitative estimate of drug-likeness (QED) is 0.188. The summed E-state index contributed by atoms with van der Waals surface area (Å²) in [6.07, 6.45) is 8.97. The second-order valence-corrected chi connectivity index (χ2v) is 11.1. The summed E-state index contributed by atoms with van der Waals surface area (Å²) < 4.78 is 6.45. The minimum absolute atomic E-state index is 0.115. The minimum Gasteiger partial charge on any atom is -0.455 e. The third-order valence-corrected chi connectivity index (χ3v) is 7.99. The lowest BCUT2D eigenvalue weighted by Crippen LogP contribution is -2.28. The van der Waals surface area contributed by atoms with Gasteiger partial charge in [-0.05, 0) is 103 Å². The van der Waals surface area contributed by atoms with Crippen LogP contribution in [0.15, 0.2) is 97.6 Å². The van der Waals surface area contributed by atoms with Crippen LogP contribution in [-0.2, 0) is 19.3 Å². The lowest BCUT2D eigenvalue weighted by molar-refractivity contribution is 0.102. The molecule has 4 aromatic carbocycles. The van der Waals surface area contributed by atoms with E-state index in [0.29, 0.717) is 5.56 Å². The fourth-order valence-electron chi connectivity index (χ4n) is 5.51. The monoisotopic (exact) mass is 558 g/mol. The Morgan fingerprint density at radius 2 is 1.43 bits per heavy atom. The topological polar surface area (TPSA) is 41.6 Å². The maximum absolute atomic E-state index is 12.8.